The van der Waals surface area contributed by atoms with E-state index in [9.17, 15) is 14.4 Å². The maximum absolute atomic E-state index is 13.0. The summed E-state index contributed by atoms with van der Waals surface area (Å²) >= 11 is 0. The summed E-state index contributed by atoms with van der Waals surface area (Å²) in [6.45, 7) is 2.99. The molecule has 1 aromatic heterocycles. The number of aromatic nitrogens is 1. The molecular formula is C24H23N3O4. The zero-order valence-electron chi connectivity index (χ0n) is 17.2. The van der Waals surface area contributed by atoms with Crippen molar-refractivity contribution in [1.29, 1.82) is 0 Å². The fraction of sp³-hybridized carbons (Fsp3) is 0.250. The van der Waals surface area contributed by atoms with Crippen LogP contribution < -0.4 is 10.6 Å². The Labute approximate surface area is 179 Å². The number of imide groups is 1. The van der Waals surface area contributed by atoms with Crippen LogP contribution in [0.4, 0.5) is 5.69 Å². The zero-order chi connectivity index (χ0) is 21.8. The number of amides is 3. The molecule has 0 radical (unpaired) electrons. The van der Waals surface area contributed by atoms with E-state index in [0.29, 0.717) is 31.6 Å². The minimum absolute atomic E-state index is 0.00678. The predicted octanol–water partition coefficient (Wildman–Crippen LogP) is 3.48. The van der Waals surface area contributed by atoms with E-state index in [1.54, 1.807) is 18.2 Å². The predicted molar refractivity (Wildman–Crippen MR) is 117 cm³/mol. The standard InChI is InChI=1S/C24H23N3O4/c1-15-8-9-19(18-6-3-2-5-17(15)18)23(29)26-20-7-4-12-25-21(20)24(30)27-22(28)16-10-13-31-14-11-16/h2-9,12,16H,10-11,13-14H2,1H3,(H,26,29)(H,27,28,30). The number of ether oxygens (including phenoxy) is 1. The molecule has 2 heterocycles. The SMILES string of the molecule is Cc1ccc(C(=O)Nc2cccnc2C(=O)NC(=O)C2CCOCC2)c2ccccc12. The van der Waals surface area contributed by atoms with Gasteiger partial charge in [0.1, 0.15) is 0 Å². The van der Waals surface area contributed by atoms with E-state index in [4.69, 9.17) is 4.74 Å². The lowest BCUT2D eigenvalue weighted by Gasteiger charge is -2.20. The van der Waals surface area contributed by atoms with Gasteiger partial charge in [0, 0.05) is 30.9 Å². The van der Waals surface area contributed by atoms with Gasteiger partial charge in [-0.05, 0) is 54.3 Å². The van der Waals surface area contributed by atoms with Crippen molar-refractivity contribution < 1.29 is 19.1 Å². The molecule has 7 nitrogen and oxygen atoms in total. The number of benzene rings is 2. The summed E-state index contributed by atoms with van der Waals surface area (Å²) in [6.07, 6.45) is 2.60. The van der Waals surface area contributed by atoms with Crippen LogP contribution >= 0.6 is 0 Å². The summed E-state index contributed by atoms with van der Waals surface area (Å²) in [4.78, 5) is 42.3. The first-order chi connectivity index (χ1) is 15.0. The molecule has 31 heavy (non-hydrogen) atoms. The molecule has 0 spiro atoms. The van der Waals surface area contributed by atoms with Gasteiger partial charge in [-0.3, -0.25) is 19.7 Å². The molecule has 0 unspecified atom stereocenters. The number of aryl methyl sites for hydroxylation is 1. The fourth-order valence-electron chi connectivity index (χ4n) is 3.76. The normalized spacial score (nSPS) is 14.2. The molecule has 4 rings (SSSR count). The molecule has 2 N–H and O–H groups in total. The van der Waals surface area contributed by atoms with Gasteiger partial charge in [-0.1, -0.05) is 30.3 Å². The lowest BCUT2D eigenvalue weighted by Crippen LogP contribution is -2.38. The average molecular weight is 417 g/mol. The zero-order valence-corrected chi connectivity index (χ0v) is 17.2. The highest BCUT2D eigenvalue weighted by molar-refractivity contribution is 6.15. The lowest BCUT2D eigenvalue weighted by molar-refractivity contribution is -0.126. The van der Waals surface area contributed by atoms with Crippen LogP contribution in [0.3, 0.4) is 0 Å². The quantitative estimate of drug-likeness (QED) is 0.634. The van der Waals surface area contributed by atoms with Crippen LogP contribution in [0, 0.1) is 12.8 Å². The number of fused-ring (bicyclic) bond motifs is 1. The number of anilines is 1. The van der Waals surface area contributed by atoms with Crippen LogP contribution in [0.1, 0.15) is 39.3 Å². The first-order valence-electron chi connectivity index (χ1n) is 10.2. The summed E-state index contributed by atoms with van der Waals surface area (Å²) in [7, 11) is 0. The van der Waals surface area contributed by atoms with Crippen molar-refractivity contribution in [3.8, 4) is 0 Å². The third kappa shape index (κ3) is 4.46. The summed E-state index contributed by atoms with van der Waals surface area (Å²) in [5, 5.41) is 7.00. The second-order valence-electron chi connectivity index (χ2n) is 7.53. The molecule has 0 aliphatic carbocycles. The van der Waals surface area contributed by atoms with Crippen LogP contribution in [-0.4, -0.2) is 35.9 Å². The smallest absolute Gasteiger partial charge is 0.278 e. The molecule has 3 aromatic rings. The van der Waals surface area contributed by atoms with Crippen molar-refractivity contribution >= 4 is 34.2 Å². The van der Waals surface area contributed by atoms with Gasteiger partial charge in [0.2, 0.25) is 5.91 Å². The highest BCUT2D eigenvalue weighted by atomic mass is 16.5. The summed E-state index contributed by atoms with van der Waals surface area (Å²) in [5.41, 5.74) is 1.80. The monoisotopic (exact) mass is 417 g/mol. The van der Waals surface area contributed by atoms with Crippen LogP contribution in [0.2, 0.25) is 0 Å². The molecular weight excluding hydrogens is 394 g/mol. The Morgan fingerprint density at radius 2 is 1.68 bits per heavy atom. The van der Waals surface area contributed by atoms with Gasteiger partial charge in [0.05, 0.1) is 5.69 Å². The second kappa shape index (κ2) is 9.06. The molecule has 0 bridgehead atoms. The number of rotatable bonds is 4. The Hall–Kier alpha value is -3.58. The highest BCUT2D eigenvalue weighted by Gasteiger charge is 2.25. The van der Waals surface area contributed by atoms with Gasteiger partial charge < -0.3 is 10.1 Å². The Kier molecular flexibility index (Phi) is 6.04. The highest BCUT2D eigenvalue weighted by Crippen LogP contribution is 2.24. The van der Waals surface area contributed by atoms with Crippen molar-refractivity contribution in [2.45, 2.75) is 19.8 Å². The topological polar surface area (TPSA) is 97.4 Å². The van der Waals surface area contributed by atoms with Crippen molar-refractivity contribution in [2.24, 2.45) is 5.92 Å². The van der Waals surface area contributed by atoms with Crippen LogP contribution in [0.25, 0.3) is 10.8 Å². The van der Waals surface area contributed by atoms with E-state index < -0.39 is 5.91 Å². The molecule has 3 amide bonds. The van der Waals surface area contributed by atoms with Crippen molar-refractivity contribution in [2.75, 3.05) is 18.5 Å². The molecule has 7 heteroatoms. The molecule has 0 saturated carbocycles. The summed E-state index contributed by atoms with van der Waals surface area (Å²) in [5.74, 6) is -1.60. The number of hydrogen-bond acceptors (Lipinski definition) is 5. The van der Waals surface area contributed by atoms with Crippen LogP contribution in [-0.2, 0) is 9.53 Å². The first-order valence-corrected chi connectivity index (χ1v) is 10.2. The van der Waals surface area contributed by atoms with Crippen LogP contribution in [0.15, 0.2) is 54.7 Å². The van der Waals surface area contributed by atoms with Crippen molar-refractivity contribution in [1.82, 2.24) is 10.3 Å². The van der Waals surface area contributed by atoms with E-state index in [0.717, 1.165) is 16.3 Å². The molecule has 158 valence electrons. The lowest BCUT2D eigenvalue weighted by atomic mass is 9.99. The average Bonchev–Trinajstić information content (AvgIpc) is 2.80. The van der Waals surface area contributed by atoms with Gasteiger partial charge in [-0.15, -0.1) is 0 Å². The number of hydrogen-bond donors (Lipinski definition) is 2. The number of nitrogens with zero attached hydrogens (tertiary/aromatic N) is 1. The van der Waals surface area contributed by atoms with Crippen molar-refractivity contribution in [3.05, 3.63) is 71.5 Å². The number of nitrogens with one attached hydrogen (secondary N) is 2. The third-order valence-corrected chi connectivity index (χ3v) is 5.49. The van der Waals surface area contributed by atoms with Gasteiger partial charge in [0.25, 0.3) is 11.8 Å². The minimum Gasteiger partial charge on any atom is -0.381 e. The van der Waals surface area contributed by atoms with Gasteiger partial charge in [0.15, 0.2) is 5.69 Å². The molecule has 2 aromatic carbocycles. The summed E-state index contributed by atoms with van der Waals surface area (Å²) in [6, 6.07) is 14.5. The number of pyridine rings is 1. The van der Waals surface area contributed by atoms with Crippen LogP contribution in [0.5, 0.6) is 0 Å². The maximum atomic E-state index is 13.0. The first kappa shape index (κ1) is 20.7. The largest absolute Gasteiger partial charge is 0.381 e. The van der Waals surface area contributed by atoms with Gasteiger partial charge >= 0.3 is 0 Å². The molecule has 1 aliphatic heterocycles. The van der Waals surface area contributed by atoms with Gasteiger partial charge in [-0.25, -0.2) is 4.98 Å². The van der Waals surface area contributed by atoms with E-state index >= 15 is 0 Å². The van der Waals surface area contributed by atoms with E-state index in [-0.39, 0.29) is 29.1 Å². The van der Waals surface area contributed by atoms with E-state index in [1.165, 1.54) is 6.20 Å². The minimum atomic E-state index is -0.638. The molecule has 0 atom stereocenters. The Balaban J connectivity index is 1.55. The maximum Gasteiger partial charge on any atom is 0.278 e. The fourth-order valence-corrected chi connectivity index (χ4v) is 3.76. The van der Waals surface area contributed by atoms with Crippen molar-refractivity contribution in [3.63, 3.8) is 0 Å². The Bertz CT molecular complexity index is 1150. The number of carbonyl (C=O) groups is 3. The summed E-state index contributed by atoms with van der Waals surface area (Å²) < 4.78 is 5.26. The molecule has 1 saturated heterocycles. The Morgan fingerprint density at radius 3 is 2.45 bits per heavy atom. The Morgan fingerprint density at radius 1 is 0.935 bits per heavy atom. The molecule has 1 aliphatic rings. The van der Waals surface area contributed by atoms with E-state index in [1.807, 2.05) is 37.3 Å². The third-order valence-electron chi connectivity index (χ3n) is 5.49. The molecule has 1 fully saturated rings. The van der Waals surface area contributed by atoms with Gasteiger partial charge in [-0.2, -0.15) is 0 Å². The second-order valence-corrected chi connectivity index (χ2v) is 7.53. The van der Waals surface area contributed by atoms with E-state index in [2.05, 4.69) is 15.6 Å². The number of carbonyl (C=O) groups excluding carboxylic acids is 3.